The molecule has 0 unspecified atom stereocenters. The number of nitrogen functional groups attached to an aromatic ring is 1. The molecular weight excluding hydrogens is 257 g/mol. The highest BCUT2D eigenvalue weighted by Gasteiger charge is 2.08. The fraction of sp³-hybridized carbons (Fsp3) is 0.100. The first-order chi connectivity index (χ1) is 8.65. The lowest BCUT2D eigenvalue weighted by Gasteiger charge is -2.07. The van der Waals surface area contributed by atoms with Crippen LogP contribution in [0.25, 0.3) is 0 Å². The zero-order chi connectivity index (χ0) is 13.0. The number of H-pyrrole nitrogens is 1. The van der Waals surface area contributed by atoms with Gasteiger partial charge in [0, 0.05) is 0 Å². The first-order valence-corrected chi connectivity index (χ1v) is 5.97. The van der Waals surface area contributed by atoms with Crippen molar-refractivity contribution in [3.63, 3.8) is 0 Å². The van der Waals surface area contributed by atoms with Crippen molar-refractivity contribution in [3.8, 4) is 0 Å². The number of aromatic nitrogens is 3. The van der Waals surface area contributed by atoms with Gasteiger partial charge in [-0.05, 0) is 18.2 Å². The van der Waals surface area contributed by atoms with E-state index in [0.717, 1.165) is 0 Å². The number of thioether (sulfide) groups is 1. The predicted molar refractivity (Wildman–Crippen MR) is 66.5 cm³/mol. The number of anilines is 2. The Balaban J connectivity index is 1.92. The fourth-order valence-electron chi connectivity index (χ4n) is 1.22. The molecule has 1 heterocycles. The lowest BCUT2D eigenvalue weighted by atomic mass is 10.2. The first kappa shape index (κ1) is 12.4. The molecule has 2 rings (SSSR count). The molecule has 0 radical (unpaired) electrons. The molecule has 94 valence electrons. The van der Waals surface area contributed by atoms with Crippen LogP contribution in [-0.2, 0) is 4.79 Å². The van der Waals surface area contributed by atoms with E-state index in [4.69, 9.17) is 5.73 Å². The topological polar surface area (TPSA) is 96.7 Å². The molecule has 0 saturated carbocycles. The minimum Gasteiger partial charge on any atom is -0.397 e. The molecule has 8 heteroatoms. The number of aromatic amines is 1. The maximum Gasteiger partial charge on any atom is 0.234 e. The minimum atomic E-state index is -0.456. The summed E-state index contributed by atoms with van der Waals surface area (Å²) in [6.07, 6.45) is 1.35. The van der Waals surface area contributed by atoms with E-state index in [1.807, 2.05) is 0 Å². The number of amides is 1. The third-order valence-corrected chi connectivity index (χ3v) is 2.90. The number of rotatable bonds is 4. The fourth-order valence-corrected chi connectivity index (χ4v) is 1.80. The number of nitrogens with two attached hydrogens (primary N) is 1. The van der Waals surface area contributed by atoms with Crippen molar-refractivity contribution in [2.24, 2.45) is 0 Å². The normalized spacial score (nSPS) is 10.3. The first-order valence-electron chi connectivity index (χ1n) is 4.98. The Kier molecular flexibility index (Phi) is 3.78. The van der Waals surface area contributed by atoms with Crippen LogP contribution in [0.1, 0.15) is 0 Å². The lowest BCUT2D eigenvalue weighted by molar-refractivity contribution is -0.113. The van der Waals surface area contributed by atoms with Crippen molar-refractivity contribution in [1.29, 1.82) is 0 Å². The van der Waals surface area contributed by atoms with Gasteiger partial charge in [-0.1, -0.05) is 11.8 Å². The van der Waals surface area contributed by atoms with Crippen molar-refractivity contribution >= 4 is 29.0 Å². The second-order valence-electron chi connectivity index (χ2n) is 3.36. The number of carbonyl (C=O) groups is 1. The molecule has 6 nitrogen and oxygen atoms in total. The molecule has 1 amide bonds. The van der Waals surface area contributed by atoms with Crippen LogP contribution < -0.4 is 11.1 Å². The molecule has 0 aliphatic heterocycles. The minimum absolute atomic E-state index is 0.130. The number of benzene rings is 1. The van der Waals surface area contributed by atoms with Gasteiger partial charge in [0.05, 0.1) is 17.1 Å². The Labute approximate surface area is 106 Å². The molecule has 0 aliphatic rings. The maximum absolute atomic E-state index is 13.0. The molecule has 1 aromatic heterocycles. The Hall–Kier alpha value is -2.09. The van der Waals surface area contributed by atoms with E-state index in [0.29, 0.717) is 10.8 Å². The lowest BCUT2D eigenvalue weighted by Crippen LogP contribution is -2.15. The van der Waals surface area contributed by atoms with E-state index >= 15 is 0 Å². The average molecular weight is 267 g/mol. The summed E-state index contributed by atoms with van der Waals surface area (Å²) in [7, 11) is 0. The second kappa shape index (κ2) is 5.50. The summed E-state index contributed by atoms with van der Waals surface area (Å²) in [5.74, 6) is -0.624. The maximum atomic E-state index is 13.0. The van der Waals surface area contributed by atoms with Crippen molar-refractivity contribution in [2.45, 2.75) is 5.16 Å². The molecular formula is C10H10FN5OS. The number of halogens is 1. The van der Waals surface area contributed by atoms with E-state index in [2.05, 4.69) is 20.5 Å². The van der Waals surface area contributed by atoms with Crippen molar-refractivity contribution < 1.29 is 9.18 Å². The number of hydrogen-bond donors (Lipinski definition) is 3. The molecule has 0 saturated heterocycles. The molecule has 0 bridgehead atoms. The summed E-state index contributed by atoms with van der Waals surface area (Å²) in [4.78, 5) is 15.5. The van der Waals surface area contributed by atoms with Gasteiger partial charge in [-0.25, -0.2) is 9.37 Å². The monoisotopic (exact) mass is 267 g/mol. The Morgan fingerprint density at radius 2 is 2.39 bits per heavy atom. The summed E-state index contributed by atoms with van der Waals surface area (Å²) in [6, 6.07) is 3.80. The second-order valence-corrected chi connectivity index (χ2v) is 4.32. The van der Waals surface area contributed by atoms with E-state index in [1.165, 1.54) is 36.3 Å². The molecule has 0 aliphatic carbocycles. The van der Waals surface area contributed by atoms with Gasteiger partial charge >= 0.3 is 0 Å². The Bertz CT molecular complexity index is 545. The standard InChI is InChI=1S/C10H10FN5OS/c11-6-1-2-7(12)8(3-6)15-9(17)4-18-10-13-5-14-16-10/h1-3,5H,4,12H2,(H,15,17)(H,13,14,16). The Morgan fingerprint density at radius 3 is 3.11 bits per heavy atom. The zero-order valence-electron chi connectivity index (χ0n) is 9.18. The molecule has 0 spiro atoms. The Morgan fingerprint density at radius 1 is 1.56 bits per heavy atom. The van der Waals surface area contributed by atoms with Gasteiger partial charge in [0.1, 0.15) is 12.1 Å². The third kappa shape index (κ3) is 3.20. The highest BCUT2D eigenvalue weighted by molar-refractivity contribution is 7.99. The summed E-state index contributed by atoms with van der Waals surface area (Å²) < 4.78 is 13.0. The van der Waals surface area contributed by atoms with E-state index in [-0.39, 0.29) is 17.3 Å². The number of carbonyl (C=O) groups excluding carboxylic acids is 1. The number of nitrogens with one attached hydrogen (secondary N) is 2. The highest BCUT2D eigenvalue weighted by atomic mass is 32.2. The quantitative estimate of drug-likeness (QED) is 0.572. The van der Waals surface area contributed by atoms with Crippen LogP contribution in [0.5, 0.6) is 0 Å². The summed E-state index contributed by atoms with van der Waals surface area (Å²) in [5.41, 5.74) is 6.19. The van der Waals surface area contributed by atoms with Gasteiger partial charge < -0.3 is 11.1 Å². The van der Waals surface area contributed by atoms with Crippen molar-refractivity contribution in [3.05, 3.63) is 30.3 Å². The number of hydrogen-bond acceptors (Lipinski definition) is 5. The van der Waals surface area contributed by atoms with Gasteiger partial charge in [-0.2, -0.15) is 5.10 Å². The molecule has 18 heavy (non-hydrogen) atoms. The molecule has 2 aromatic rings. The van der Waals surface area contributed by atoms with Crippen LogP contribution in [0, 0.1) is 5.82 Å². The van der Waals surface area contributed by atoms with Crippen LogP contribution in [0.4, 0.5) is 15.8 Å². The van der Waals surface area contributed by atoms with Crippen LogP contribution >= 0.6 is 11.8 Å². The smallest absolute Gasteiger partial charge is 0.234 e. The summed E-state index contributed by atoms with van der Waals surface area (Å²) >= 11 is 1.19. The summed E-state index contributed by atoms with van der Waals surface area (Å²) in [5, 5.41) is 9.33. The SMILES string of the molecule is Nc1ccc(F)cc1NC(=O)CSc1ncn[nH]1. The van der Waals surface area contributed by atoms with Gasteiger partial charge in [-0.3, -0.25) is 9.89 Å². The van der Waals surface area contributed by atoms with Crippen molar-refractivity contribution in [2.75, 3.05) is 16.8 Å². The zero-order valence-corrected chi connectivity index (χ0v) is 10.00. The van der Waals surface area contributed by atoms with Gasteiger partial charge in [-0.15, -0.1) is 0 Å². The predicted octanol–water partition coefficient (Wildman–Crippen LogP) is 1.26. The van der Waals surface area contributed by atoms with E-state index in [9.17, 15) is 9.18 Å². The van der Waals surface area contributed by atoms with Crippen LogP contribution in [0.15, 0.2) is 29.7 Å². The largest absolute Gasteiger partial charge is 0.397 e. The van der Waals surface area contributed by atoms with Crippen LogP contribution in [0.2, 0.25) is 0 Å². The molecule has 4 N–H and O–H groups in total. The molecule has 1 aromatic carbocycles. The van der Waals surface area contributed by atoms with Crippen LogP contribution in [-0.4, -0.2) is 26.8 Å². The summed E-state index contributed by atoms with van der Waals surface area (Å²) in [6.45, 7) is 0. The third-order valence-electron chi connectivity index (χ3n) is 2.02. The van der Waals surface area contributed by atoms with Gasteiger partial charge in [0.2, 0.25) is 5.91 Å². The average Bonchev–Trinajstić information content (AvgIpc) is 2.84. The van der Waals surface area contributed by atoms with Crippen molar-refractivity contribution in [1.82, 2.24) is 15.2 Å². The molecule has 0 atom stereocenters. The molecule has 0 fully saturated rings. The number of nitrogens with zero attached hydrogens (tertiary/aromatic N) is 2. The van der Waals surface area contributed by atoms with E-state index < -0.39 is 5.82 Å². The van der Waals surface area contributed by atoms with Gasteiger partial charge in [0.25, 0.3) is 0 Å². The van der Waals surface area contributed by atoms with Gasteiger partial charge in [0.15, 0.2) is 5.16 Å². The van der Waals surface area contributed by atoms with E-state index in [1.54, 1.807) is 0 Å². The van der Waals surface area contributed by atoms with Crippen LogP contribution in [0.3, 0.4) is 0 Å². The highest BCUT2D eigenvalue weighted by Crippen LogP contribution is 2.20.